The van der Waals surface area contributed by atoms with E-state index in [-0.39, 0.29) is 34.9 Å². The molecule has 0 bridgehead atoms. The Kier molecular flexibility index (Phi) is 4.55. The van der Waals surface area contributed by atoms with Gasteiger partial charge in [0.1, 0.15) is 12.3 Å². The number of hydrogen-bond donors (Lipinski definition) is 3. The molecule has 0 aromatic heterocycles. The lowest BCUT2D eigenvalue weighted by atomic mass is 10.1. The van der Waals surface area contributed by atoms with Crippen molar-refractivity contribution in [2.45, 2.75) is 0 Å². The first-order chi connectivity index (χ1) is 10.9. The van der Waals surface area contributed by atoms with Crippen LogP contribution in [0.2, 0.25) is 0 Å². The summed E-state index contributed by atoms with van der Waals surface area (Å²) in [7, 11) is 0. The van der Waals surface area contributed by atoms with Gasteiger partial charge in [-0.3, -0.25) is 19.9 Å². The average molecular weight is 316 g/mol. The van der Waals surface area contributed by atoms with E-state index in [4.69, 9.17) is 0 Å². The largest absolute Gasteiger partial charge is 0.507 e. The molecule has 0 unspecified atom stereocenters. The minimum absolute atomic E-state index is 0.112. The number of rotatable bonds is 5. The summed E-state index contributed by atoms with van der Waals surface area (Å²) in [6.07, 6.45) is 1.15. The van der Waals surface area contributed by atoms with Gasteiger partial charge in [-0.1, -0.05) is 0 Å². The number of benzene rings is 2. The van der Waals surface area contributed by atoms with Gasteiger partial charge < -0.3 is 15.3 Å². The Labute approximate surface area is 130 Å². The van der Waals surface area contributed by atoms with Crippen molar-refractivity contribution >= 4 is 17.7 Å². The number of aliphatic imine (C=N–C) groups is 1. The Morgan fingerprint density at radius 3 is 2.43 bits per heavy atom. The molecule has 2 aromatic rings. The Balaban J connectivity index is 2.12. The molecule has 3 N–H and O–H groups in total. The van der Waals surface area contributed by atoms with Gasteiger partial charge in [0.25, 0.3) is 5.69 Å². The number of phenolic OH excluding ortho intramolecular Hbond substituents is 3. The van der Waals surface area contributed by atoms with Gasteiger partial charge in [-0.05, 0) is 24.3 Å². The van der Waals surface area contributed by atoms with Crippen LogP contribution in [0.25, 0.3) is 0 Å². The third-order valence-corrected chi connectivity index (χ3v) is 2.98. The van der Waals surface area contributed by atoms with E-state index in [9.17, 15) is 30.2 Å². The van der Waals surface area contributed by atoms with Gasteiger partial charge in [-0.15, -0.1) is 0 Å². The molecule has 0 radical (unpaired) electrons. The molecule has 2 aromatic carbocycles. The summed E-state index contributed by atoms with van der Waals surface area (Å²) in [5.41, 5.74) is 0.0558. The Hall–Kier alpha value is -3.42. The van der Waals surface area contributed by atoms with E-state index < -0.39 is 16.5 Å². The van der Waals surface area contributed by atoms with Gasteiger partial charge in [0.15, 0.2) is 17.3 Å². The molecule has 0 atom stereocenters. The van der Waals surface area contributed by atoms with Crippen LogP contribution in [0, 0.1) is 10.1 Å². The number of carbonyl (C=O) groups is 1. The van der Waals surface area contributed by atoms with Crippen LogP contribution in [-0.4, -0.2) is 38.8 Å². The number of nitrogens with zero attached hydrogens (tertiary/aromatic N) is 2. The van der Waals surface area contributed by atoms with Gasteiger partial charge in [0, 0.05) is 29.5 Å². The Morgan fingerprint density at radius 1 is 1.09 bits per heavy atom. The van der Waals surface area contributed by atoms with Crippen LogP contribution in [0.4, 0.5) is 5.69 Å². The first-order valence-corrected chi connectivity index (χ1v) is 6.41. The van der Waals surface area contributed by atoms with E-state index in [1.54, 1.807) is 0 Å². The first kappa shape index (κ1) is 16.0. The SMILES string of the molecule is O=C(CN=Cc1cc([N+](=O)[O-])ccc1O)c1ccc(O)c(O)c1. The van der Waals surface area contributed by atoms with Crippen molar-refractivity contribution in [2.75, 3.05) is 6.54 Å². The maximum Gasteiger partial charge on any atom is 0.270 e. The molecule has 0 heterocycles. The predicted molar refractivity (Wildman–Crippen MR) is 81.3 cm³/mol. The number of hydrogen-bond acceptors (Lipinski definition) is 7. The van der Waals surface area contributed by atoms with Crippen molar-refractivity contribution in [3.63, 3.8) is 0 Å². The second kappa shape index (κ2) is 6.56. The number of carbonyl (C=O) groups excluding carboxylic acids is 1. The summed E-state index contributed by atoms with van der Waals surface area (Å²) in [4.78, 5) is 25.8. The lowest BCUT2D eigenvalue weighted by Crippen LogP contribution is -2.03. The predicted octanol–water partition coefficient (Wildman–Crippen LogP) is 2.01. The van der Waals surface area contributed by atoms with Gasteiger partial charge in [-0.2, -0.15) is 0 Å². The molecule has 8 nitrogen and oxygen atoms in total. The molecule has 118 valence electrons. The highest BCUT2D eigenvalue weighted by molar-refractivity contribution is 5.99. The zero-order chi connectivity index (χ0) is 17.0. The first-order valence-electron chi connectivity index (χ1n) is 6.41. The molecule has 0 aliphatic carbocycles. The number of nitro benzene ring substituents is 1. The van der Waals surface area contributed by atoms with E-state index in [2.05, 4.69) is 4.99 Å². The highest BCUT2D eigenvalue weighted by Gasteiger charge is 2.10. The summed E-state index contributed by atoms with van der Waals surface area (Å²) in [5.74, 6) is -1.39. The van der Waals surface area contributed by atoms with E-state index in [0.717, 1.165) is 24.4 Å². The summed E-state index contributed by atoms with van der Waals surface area (Å²) in [6, 6.07) is 7.07. The monoisotopic (exact) mass is 316 g/mol. The second-order valence-corrected chi connectivity index (χ2v) is 4.60. The summed E-state index contributed by atoms with van der Waals surface area (Å²) in [6.45, 7) is -0.285. The number of ketones is 1. The third-order valence-electron chi connectivity index (χ3n) is 2.98. The van der Waals surface area contributed by atoms with Crippen LogP contribution in [-0.2, 0) is 0 Å². The fourth-order valence-electron chi connectivity index (χ4n) is 1.77. The van der Waals surface area contributed by atoms with Crippen molar-refractivity contribution in [2.24, 2.45) is 4.99 Å². The van der Waals surface area contributed by atoms with Crippen LogP contribution in [0.15, 0.2) is 41.4 Å². The lowest BCUT2D eigenvalue weighted by Gasteiger charge is -2.01. The standard InChI is InChI=1S/C15H12N2O6/c18-12-4-2-11(17(22)23)5-10(12)7-16-8-15(21)9-1-3-13(19)14(20)6-9/h1-7,18-20H,8H2. The highest BCUT2D eigenvalue weighted by Crippen LogP contribution is 2.25. The number of nitro groups is 1. The van der Waals surface area contributed by atoms with E-state index >= 15 is 0 Å². The second-order valence-electron chi connectivity index (χ2n) is 4.60. The summed E-state index contributed by atoms with van der Waals surface area (Å²) in [5, 5.41) is 38.8. The van der Waals surface area contributed by atoms with E-state index in [1.807, 2.05) is 0 Å². The van der Waals surface area contributed by atoms with Crippen LogP contribution >= 0.6 is 0 Å². The topological polar surface area (TPSA) is 133 Å². The number of Topliss-reactive ketones (excluding diaryl/α,β-unsaturated/α-hetero) is 1. The quantitative estimate of drug-likeness (QED) is 0.254. The number of aromatic hydroxyl groups is 3. The minimum atomic E-state index is -0.610. The average Bonchev–Trinajstić information content (AvgIpc) is 2.51. The van der Waals surface area contributed by atoms with Crippen LogP contribution in [0.3, 0.4) is 0 Å². The number of non-ortho nitro benzene ring substituents is 1. The molecular weight excluding hydrogens is 304 g/mol. The molecular formula is C15H12N2O6. The maximum atomic E-state index is 11.9. The maximum absolute atomic E-state index is 11.9. The Morgan fingerprint density at radius 2 is 1.78 bits per heavy atom. The van der Waals surface area contributed by atoms with Crippen molar-refractivity contribution < 1.29 is 25.0 Å². The molecule has 0 saturated carbocycles. The molecule has 8 heteroatoms. The van der Waals surface area contributed by atoms with Crippen molar-refractivity contribution in [3.8, 4) is 17.2 Å². The van der Waals surface area contributed by atoms with Gasteiger partial charge in [0.2, 0.25) is 0 Å². The zero-order valence-corrected chi connectivity index (χ0v) is 11.7. The van der Waals surface area contributed by atoms with E-state index in [0.29, 0.717) is 0 Å². The smallest absolute Gasteiger partial charge is 0.270 e. The van der Waals surface area contributed by atoms with Gasteiger partial charge >= 0.3 is 0 Å². The molecule has 0 saturated heterocycles. The normalized spacial score (nSPS) is 10.8. The third kappa shape index (κ3) is 3.82. The molecule has 0 aliphatic rings. The number of phenols is 3. The van der Waals surface area contributed by atoms with Crippen molar-refractivity contribution in [3.05, 3.63) is 57.6 Å². The molecule has 0 fully saturated rings. The molecule has 0 spiro atoms. The van der Waals surface area contributed by atoms with E-state index in [1.165, 1.54) is 18.2 Å². The Bertz CT molecular complexity index is 801. The molecule has 2 rings (SSSR count). The van der Waals surface area contributed by atoms with Gasteiger partial charge in [0.05, 0.1) is 4.92 Å². The molecule has 0 amide bonds. The molecule has 0 aliphatic heterocycles. The van der Waals surface area contributed by atoms with Crippen molar-refractivity contribution in [1.29, 1.82) is 0 Å². The lowest BCUT2D eigenvalue weighted by molar-refractivity contribution is -0.384. The summed E-state index contributed by atoms with van der Waals surface area (Å²) < 4.78 is 0. The van der Waals surface area contributed by atoms with Gasteiger partial charge in [-0.25, -0.2) is 0 Å². The molecule has 23 heavy (non-hydrogen) atoms. The fraction of sp³-hybridized carbons (Fsp3) is 0.0667. The highest BCUT2D eigenvalue weighted by atomic mass is 16.6. The van der Waals surface area contributed by atoms with Crippen molar-refractivity contribution in [1.82, 2.24) is 0 Å². The summed E-state index contributed by atoms with van der Waals surface area (Å²) >= 11 is 0. The fourth-order valence-corrected chi connectivity index (χ4v) is 1.77. The van der Waals surface area contributed by atoms with Crippen LogP contribution in [0.1, 0.15) is 15.9 Å². The zero-order valence-electron chi connectivity index (χ0n) is 11.7. The minimum Gasteiger partial charge on any atom is -0.507 e. The van der Waals surface area contributed by atoms with Crippen LogP contribution < -0.4 is 0 Å². The van der Waals surface area contributed by atoms with Crippen LogP contribution in [0.5, 0.6) is 17.2 Å².